The second-order valence-corrected chi connectivity index (χ2v) is 2.11. The van der Waals surface area contributed by atoms with Crippen LogP contribution in [0.1, 0.15) is 0 Å². The Labute approximate surface area is 64.8 Å². The molecule has 0 aliphatic rings. The van der Waals surface area contributed by atoms with Crippen LogP contribution in [0, 0.1) is 17.6 Å². The summed E-state index contributed by atoms with van der Waals surface area (Å²) in [5.74, 6) is -5.40. The van der Waals surface area contributed by atoms with Gasteiger partial charge in [-0.1, -0.05) is 11.6 Å². The van der Waals surface area contributed by atoms with E-state index in [1.807, 2.05) is 0 Å². The monoisotopic (exact) mass is 182 g/mol. The van der Waals surface area contributed by atoms with Crippen molar-refractivity contribution in [2.75, 3.05) is 5.73 Å². The lowest BCUT2D eigenvalue weighted by atomic mass is 10.4. The van der Waals surface area contributed by atoms with E-state index in [1.54, 1.807) is 0 Å². The summed E-state index contributed by atoms with van der Waals surface area (Å²) >= 11 is 5.09. The number of hydrogen-bond acceptors (Lipinski definition) is 2. The predicted octanol–water partition coefficient (Wildman–Crippen LogP) is 1.73. The summed E-state index contributed by atoms with van der Waals surface area (Å²) in [6.07, 6.45) is 0. The second-order valence-electron chi connectivity index (χ2n) is 1.73. The summed E-state index contributed by atoms with van der Waals surface area (Å²) in [4.78, 5) is 2.80. The topological polar surface area (TPSA) is 38.9 Å². The zero-order valence-corrected chi connectivity index (χ0v) is 5.79. The number of rotatable bonds is 0. The third-order valence-electron chi connectivity index (χ3n) is 1.01. The molecule has 0 aromatic carbocycles. The van der Waals surface area contributed by atoms with Gasteiger partial charge in [0.15, 0.2) is 5.82 Å². The first-order chi connectivity index (χ1) is 5.04. The number of hydrogen-bond donors (Lipinski definition) is 1. The fourth-order valence-electron chi connectivity index (χ4n) is 0.503. The van der Waals surface area contributed by atoms with Crippen molar-refractivity contribution < 1.29 is 13.2 Å². The van der Waals surface area contributed by atoms with E-state index in [-0.39, 0.29) is 0 Å². The minimum absolute atomic E-state index is 0.567. The van der Waals surface area contributed by atoms with Gasteiger partial charge in [0.1, 0.15) is 10.8 Å². The van der Waals surface area contributed by atoms with Gasteiger partial charge in [0.2, 0.25) is 5.82 Å². The summed E-state index contributed by atoms with van der Waals surface area (Å²) < 4.78 is 36.8. The molecular weight excluding hydrogens is 181 g/mol. The molecule has 1 aromatic rings. The summed E-state index contributed by atoms with van der Waals surface area (Å²) in [5.41, 5.74) is 4.90. The van der Waals surface area contributed by atoms with Crippen molar-refractivity contribution in [3.05, 3.63) is 22.6 Å². The van der Waals surface area contributed by atoms with E-state index in [0.29, 0.717) is 0 Å². The fraction of sp³-hybridized carbons (Fsp3) is 0. The van der Waals surface area contributed by atoms with Crippen molar-refractivity contribution in [3.8, 4) is 0 Å². The molecule has 0 fully saturated rings. The molecule has 0 aliphatic heterocycles. The molecule has 0 amide bonds. The molecule has 1 heterocycles. The van der Waals surface area contributed by atoms with Gasteiger partial charge in [0.25, 0.3) is 5.95 Å². The lowest BCUT2D eigenvalue weighted by Gasteiger charge is -1.99. The van der Waals surface area contributed by atoms with Gasteiger partial charge in [-0.3, -0.25) is 0 Å². The van der Waals surface area contributed by atoms with Gasteiger partial charge < -0.3 is 5.73 Å². The zero-order valence-electron chi connectivity index (χ0n) is 5.04. The highest BCUT2D eigenvalue weighted by atomic mass is 35.5. The Balaban J connectivity index is 3.46. The van der Waals surface area contributed by atoms with Gasteiger partial charge in [-0.15, -0.1) is 0 Å². The lowest BCUT2D eigenvalue weighted by molar-refractivity contribution is 0.428. The number of pyridine rings is 1. The molecule has 2 nitrogen and oxygen atoms in total. The molecule has 0 atom stereocenters. The highest BCUT2D eigenvalue weighted by Crippen LogP contribution is 2.23. The Morgan fingerprint density at radius 2 is 1.73 bits per heavy atom. The number of nitrogens with two attached hydrogens (primary N) is 1. The summed E-state index contributed by atoms with van der Waals surface area (Å²) in [6, 6.07) is 0. The van der Waals surface area contributed by atoms with E-state index in [9.17, 15) is 13.2 Å². The Morgan fingerprint density at radius 3 is 2.27 bits per heavy atom. The molecule has 1 rings (SSSR count). The van der Waals surface area contributed by atoms with Crippen LogP contribution in [0.25, 0.3) is 0 Å². The van der Waals surface area contributed by atoms with E-state index in [1.165, 1.54) is 0 Å². The van der Waals surface area contributed by atoms with Crippen LogP contribution in [0.5, 0.6) is 0 Å². The third kappa shape index (κ3) is 1.23. The Bertz CT molecular complexity index is 276. The first-order valence-corrected chi connectivity index (χ1v) is 2.87. The Morgan fingerprint density at radius 1 is 1.18 bits per heavy atom. The maximum absolute atomic E-state index is 12.4. The van der Waals surface area contributed by atoms with E-state index in [2.05, 4.69) is 4.98 Å². The van der Waals surface area contributed by atoms with Gasteiger partial charge in [-0.05, 0) is 0 Å². The zero-order chi connectivity index (χ0) is 8.59. The summed E-state index contributed by atoms with van der Waals surface area (Å²) in [5, 5.41) is -0.705. The molecule has 0 unspecified atom stereocenters. The first kappa shape index (κ1) is 8.13. The van der Waals surface area contributed by atoms with Crippen LogP contribution in [0.2, 0.25) is 5.02 Å². The van der Waals surface area contributed by atoms with Crippen LogP contribution < -0.4 is 5.73 Å². The van der Waals surface area contributed by atoms with Crippen molar-refractivity contribution in [2.24, 2.45) is 0 Å². The quantitative estimate of drug-likeness (QED) is 0.621. The van der Waals surface area contributed by atoms with Crippen molar-refractivity contribution >= 4 is 17.4 Å². The van der Waals surface area contributed by atoms with Gasteiger partial charge in [0.05, 0.1) is 0 Å². The van der Waals surface area contributed by atoms with Gasteiger partial charge in [-0.2, -0.15) is 13.8 Å². The smallest absolute Gasteiger partial charge is 0.254 e. The largest absolute Gasteiger partial charge is 0.382 e. The lowest BCUT2D eigenvalue weighted by Crippen LogP contribution is -2.01. The highest BCUT2D eigenvalue weighted by Gasteiger charge is 2.16. The van der Waals surface area contributed by atoms with Gasteiger partial charge in [-0.25, -0.2) is 4.39 Å². The number of nitrogen functional groups attached to an aromatic ring is 1. The van der Waals surface area contributed by atoms with Crippen LogP contribution in [-0.2, 0) is 0 Å². The van der Waals surface area contributed by atoms with E-state index < -0.39 is 28.4 Å². The average molecular weight is 183 g/mol. The van der Waals surface area contributed by atoms with Crippen molar-refractivity contribution in [3.63, 3.8) is 0 Å². The number of halogens is 4. The normalized spacial score (nSPS) is 10.2. The van der Waals surface area contributed by atoms with E-state index in [0.717, 1.165) is 0 Å². The van der Waals surface area contributed by atoms with Crippen molar-refractivity contribution in [1.29, 1.82) is 0 Å². The van der Waals surface area contributed by atoms with Crippen molar-refractivity contribution in [1.82, 2.24) is 4.98 Å². The molecule has 0 saturated heterocycles. The maximum Gasteiger partial charge on any atom is 0.254 e. The van der Waals surface area contributed by atoms with Gasteiger partial charge in [0, 0.05) is 0 Å². The number of nitrogens with zero attached hydrogens (tertiary/aromatic N) is 1. The SMILES string of the molecule is Nc1nc(F)c(F)c(F)c1Cl. The first-order valence-electron chi connectivity index (χ1n) is 2.49. The summed E-state index contributed by atoms with van der Waals surface area (Å²) in [6.45, 7) is 0. The minimum Gasteiger partial charge on any atom is -0.382 e. The Hall–Kier alpha value is -0.970. The average Bonchev–Trinajstić information content (AvgIpc) is 1.97. The predicted molar refractivity (Wildman–Crippen MR) is 33.5 cm³/mol. The molecular formula is C5H2ClF3N2. The van der Waals surface area contributed by atoms with E-state index >= 15 is 0 Å². The van der Waals surface area contributed by atoms with Crippen molar-refractivity contribution in [2.45, 2.75) is 0 Å². The maximum atomic E-state index is 12.4. The van der Waals surface area contributed by atoms with Crippen LogP contribution in [0.15, 0.2) is 0 Å². The fourth-order valence-corrected chi connectivity index (χ4v) is 0.628. The Kier molecular flexibility index (Phi) is 1.90. The number of aromatic nitrogens is 1. The van der Waals surface area contributed by atoms with Crippen LogP contribution in [0.4, 0.5) is 19.0 Å². The minimum atomic E-state index is -1.72. The van der Waals surface area contributed by atoms with Gasteiger partial charge >= 0.3 is 0 Å². The van der Waals surface area contributed by atoms with Crippen LogP contribution in [-0.4, -0.2) is 4.98 Å². The number of anilines is 1. The van der Waals surface area contributed by atoms with Crippen LogP contribution >= 0.6 is 11.6 Å². The second kappa shape index (κ2) is 2.58. The molecule has 0 radical (unpaired) electrons. The van der Waals surface area contributed by atoms with Crippen LogP contribution in [0.3, 0.4) is 0 Å². The molecule has 1 aromatic heterocycles. The molecule has 0 aliphatic carbocycles. The molecule has 11 heavy (non-hydrogen) atoms. The third-order valence-corrected chi connectivity index (χ3v) is 1.37. The molecule has 0 bridgehead atoms. The highest BCUT2D eigenvalue weighted by molar-refractivity contribution is 6.32. The molecule has 2 N–H and O–H groups in total. The molecule has 0 spiro atoms. The standard InChI is InChI=1S/C5H2ClF3N2/c6-1-2(7)3(8)4(9)11-5(1)10/h(H2,10,11). The molecule has 6 heteroatoms. The molecule has 60 valence electrons. The van der Waals surface area contributed by atoms with E-state index in [4.69, 9.17) is 17.3 Å². The summed E-state index contributed by atoms with van der Waals surface area (Å²) in [7, 11) is 0. The molecule has 0 saturated carbocycles.